The fourth-order valence-corrected chi connectivity index (χ4v) is 2.54. The fourth-order valence-electron chi connectivity index (χ4n) is 1.56. The van der Waals surface area contributed by atoms with Crippen LogP contribution < -0.4 is 0 Å². The van der Waals surface area contributed by atoms with E-state index in [0.29, 0.717) is 19.6 Å². The Bertz CT molecular complexity index is 239. The molecule has 0 aromatic heterocycles. The predicted molar refractivity (Wildman–Crippen MR) is 64.6 cm³/mol. The van der Waals surface area contributed by atoms with E-state index in [9.17, 15) is 9.59 Å². The zero-order valence-corrected chi connectivity index (χ0v) is 10.6. The van der Waals surface area contributed by atoms with E-state index >= 15 is 0 Å². The van der Waals surface area contributed by atoms with E-state index in [-0.39, 0.29) is 18.2 Å². The minimum absolute atomic E-state index is 0.139. The Hall–Kier alpha value is -0.550. The zero-order valence-electron chi connectivity index (χ0n) is 9.74. The smallest absolute Gasteiger partial charge is 0.306 e. The molecule has 0 saturated carbocycles. The molecular weight excluding hydrogens is 226 g/mol. The molecule has 0 atom stereocenters. The second-order valence-electron chi connectivity index (χ2n) is 3.73. The third kappa shape index (κ3) is 5.51. The Kier molecular flexibility index (Phi) is 6.49. The number of carbonyl (C=O) groups is 2. The van der Waals surface area contributed by atoms with E-state index in [0.717, 1.165) is 24.6 Å². The van der Waals surface area contributed by atoms with Crippen LogP contribution in [0.15, 0.2) is 0 Å². The van der Waals surface area contributed by atoms with Gasteiger partial charge in [0.05, 0.1) is 19.6 Å². The molecular formula is C11H19NO3S. The first kappa shape index (κ1) is 13.5. The normalized spacial score (nSPS) is 17.1. The summed E-state index contributed by atoms with van der Waals surface area (Å²) in [5, 5.41) is 0. The van der Waals surface area contributed by atoms with Gasteiger partial charge in [-0.15, -0.1) is 0 Å². The molecule has 0 radical (unpaired) electrons. The Morgan fingerprint density at radius 1 is 1.25 bits per heavy atom. The van der Waals surface area contributed by atoms with Gasteiger partial charge in [-0.2, -0.15) is 11.8 Å². The maximum Gasteiger partial charge on any atom is 0.306 e. The molecule has 1 aliphatic rings. The van der Waals surface area contributed by atoms with Gasteiger partial charge in [0.15, 0.2) is 0 Å². The van der Waals surface area contributed by atoms with Crippen LogP contribution in [0, 0.1) is 0 Å². The molecule has 1 aliphatic heterocycles. The van der Waals surface area contributed by atoms with Gasteiger partial charge in [0, 0.05) is 31.0 Å². The molecule has 0 aliphatic carbocycles. The molecule has 4 nitrogen and oxygen atoms in total. The Balaban J connectivity index is 2.12. The van der Waals surface area contributed by atoms with Crippen LogP contribution in [0.1, 0.15) is 19.8 Å². The molecule has 0 aromatic rings. The number of hydrogen-bond donors (Lipinski definition) is 0. The van der Waals surface area contributed by atoms with Crippen LogP contribution in [-0.4, -0.2) is 54.4 Å². The van der Waals surface area contributed by atoms with E-state index in [2.05, 4.69) is 4.90 Å². The second-order valence-corrected chi connectivity index (χ2v) is 4.96. The maximum atomic E-state index is 11.6. The van der Waals surface area contributed by atoms with E-state index in [1.54, 1.807) is 6.92 Å². The molecule has 0 spiro atoms. The van der Waals surface area contributed by atoms with E-state index < -0.39 is 0 Å². The number of rotatable bonds is 6. The molecule has 1 heterocycles. The average Bonchev–Trinajstić information content (AvgIpc) is 2.28. The van der Waals surface area contributed by atoms with Gasteiger partial charge in [-0.25, -0.2) is 0 Å². The van der Waals surface area contributed by atoms with Crippen molar-refractivity contribution >= 4 is 23.5 Å². The first-order valence-electron chi connectivity index (χ1n) is 5.69. The van der Waals surface area contributed by atoms with Gasteiger partial charge in [-0.1, -0.05) is 0 Å². The summed E-state index contributed by atoms with van der Waals surface area (Å²) in [6.07, 6.45) is 0.526. The number of nitrogens with zero attached hydrogens (tertiary/aromatic N) is 1. The molecule has 0 amide bonds. The summed E-state index contributed by atoms with van der Waals surface area (Å²) >= 11 is 1.92. The maximum absolute atomic E-state index is 11.6. The quantitative estimate of drug-likeness (QED) is 0.652. The van der Waals surface area contributed by atoms with Crippen molar-refractivity contribution in [2.45, 2.75) is 19.8 Å². The molecule has 0 unspecified atom stereocenters. The molecule has 16 heavy (non-hydrogen) atoms. The van der Waals surface area contributed by atoms with E-state index in [1.807, 2.05) is 11.8 Å². The van der Waals surface area contributed by atoms with Crippen molar-refractivity contribution in [1.29, 1.82) is 0 Å². The van der Waals surface area contributed by atoms with Crippen LogP contribution >= 0.6 is 11.8 Å². The van der Waals surface area contributed by atoms with Gasteiger partial charge in [0.2, 0.25) is 0 Å². The third-order valence-electron chi connectivity index (χ3n) is 2.42. The summed E-state index contributed by atoms with van der Waals surface area (Å²) in [4.78, 5) is 24.8. The number of ether oxygens (including phenoxy) is 1. The summed E-state index contributed by atoms with van der Waals surface area (Å²) in [5.74, 6) is 2.07. The highest BCUT2D eigenvalue weighted by Crippen LogP contribution is 2.09. The lowest BCUT2D eigenvalue weighted by atomic mass is 10.2. The van der Waals surface area contributed by atoms with Gasteiger partial charge in [0.25, 0.3) is 0 Å². The number of hydrogen-bond acceptors (Lipinski definition) is 5. The molecule has 1 saturated heterocycles. The van der Waals surface area contributed by atoms with Crippen molar-refractivity contribution in [3.05, 3.63) is 0 Å². The van der Waals surface area contributed by atoms with Crippen molar-refractivity contribution in [2.24, 2.45) is 0 Å². The van der Waals surface area contributed by atoms with Crippen LogP contribution in [0.5, 0.6) is 0 Å². The zero-order chi connectivity index (χ0) is 11.8. The second kappa shape index (κ2) is 7.68. The monoisotopic (exact) mass is 245 g/mol. The summed E-state index contributed by atoms with van der Waals surface area (Å²) in [6, 6.07) is 0. The number of ketones is 1. The lowest BCUT2D eigenvalue weighted by Crippen LogP contribution is -2.36. The van der Waals surface area contributed by atoms with Gasteiger partial charge in [-0.05, 0) is 6.92 Å². The van der Waals surface area contributed by atoms with Crippen LogP contribution in [0.4, 0.5) is 0 Å². The molecule has 0 N–H and O–H groups in total. The highest BCUT2D eigenvalue weighted by Gasteiger charge is 2.15. The third-order valence-corrected chi connectivity index (χ3v) is 3.36. The summed E-state index contributed by atoms with van der Waals surface area (Å²) in [6.45, 7) is 4.60. The number of esters is 1. The fraction of sp³-hybridized carbons (Fsp3) is 0.818. The lowest BCUT2D eigenvalue weighted by molar-refractivity contribution is -0.144. The Morgan fingerprint density at radius 2 is 1.94 bits per heavy atom. The first-order chi connectivity index (χ1) is 7.72. The van der Waals surface area contributed by atoms with Gasteiger partial charge < -0.3 is 4.74 Å². The van der Waals surface area contributed by atoms with Crippen molar-refractivity contribution in [3.63, 3.8) is 0 Å². The van der Waals surface area contributed by atoms with Crippen LogP contribution in [0.25, 0.3) is 0 Å². The summed E-state index contributed by atoms with van der Waals surface area (Å²) < 4.78 is 4.77. The van der Waals surface area contributed by atoms with Gasteiger partial charge in [0.1, 0.15) is 5.78 Å². The van der Waals surface area contributed by atoms with Crippen LogP contribution in [0.2, 0.25) is 0 Å². The van der Waals surface area contributed by atoms with Crippen molar-refractivity contribution < 1.29 is 14.3 Å². The number of carbonyl (C=O) groups excluding carboxylic acids is 2. The summed E-state index contributed by atoms with van der Waals surface area (Å²) in [7, 11) is 0. The van der Waals surface area contributed by atoms with Crippen LogP contribution in [0.3, 0.4) is 0 Å². The van der Waals surface area contributed by atoms with Crippen molar-refractivity contribution in [1.82, 2.24) is 4.90 Å². The standard InChI is InChI=1S/C11H19NO3S/c1-2-15-11(14)4-3-10(13)9-12-5-7-16-8-6-12/h2-9H2,1H3. The van der Waals surface area contributed by atoms with E-state index in [4.69, 9.17) is 4.74 Å². The van der Waals surface area contributed by atoms with Crippen molar-refractivity contribution in [2.75, 3.05) is 37.7 Å². The van der Waals surface area contributed by atoms with Gasteiger partial charge >= 0.3 is 5.97 Å². The Morgan fingerprint density at radius 3 is 2.56 bits per heavy atom. The number of Topliss-reactive ketones (excluding diaryl/α,β-unsaturated/α-hetero) is 1. The molecule has 0 aromatic carbocycles. The minimum atomic E-state index is -0.273. The topological polar surface area (TPSA) is 46.6 Å². The Labute approximate surface area is 101 Å². The first-order valence-corrected chi connectivity index (χ1v) is 6.85. The highest BCUT2D eigenvalue weighted by molar-refractivity contribution is 7.99. The highest BCUT2D eigenvalue weighted by atomic mass is 32.2. The predicted octanol–water partition coefficient (Wildman–Crippen LogP) is 0.948. The molecule has 1 rings (SSSR count). The van der Waals surface area contributed by atoms with E-state index in [1.165, 1.54) is 0 Å². The molecule has 5 heteroatoms. The van der Waals surface area contributed by atoms with Crippen LogP contribution in [-0.2, 0) is 14.3 Å². The lowest BCUT2D eigenvalue weighted by Gasteiger charge is -2.25. The summed E-state index contributed by atoms with van der Waals surface area (Å²) in [5.41, 5.74) is 0. The molecule has 1 fully saturated rings. The SMILES string of the molecule is CCOC(=O)CCC(=O)CN1CCSCC1. The largest absolute Gasteiger partial charge is 0.466 e. The average molecular weight is 245 g/mol. The minimum Gasteiger partial charge on any atom is -0.466 e. The molecule has 0 bridgehead atoms. The number of thioether (sulfide) groups is 1. The van der Waals surface area contributed by atoms with Crippen molar-refractivity contribution in [3.8, 4) is 0 Å². The molecule has 92 valence electrons. The van der Waals surface area contributed by atoms with Gasteiger partial charge in [-0.3, -0.25) is 14.5 Å².